The maximum Gasteiger partial charge on any atom is 0.352 e. The van der Waals surface area contributed by atoms with Crippen molar-refractivity contribution < 1.29 is 18.7 Å². The van der Waals surface area contributed by atoms with E-state index < -0.39 is 28.4 Å². The number of carboxylic acids is 1. The van der Waals surface area contributed by atoms with Gasteiger partial charge in [0.15, 0.2) is 5.43 Å². The number of aromatic nitrogens is 1. The van der Waals surface area contributed by atoms with Crippen LogP contribution >= 0.6 is 0 Å². The molecule has 1 fully saturated rings. The van der Waals surface area contributed by atoms with Gasteiger partial charge in [-0.3, -0.25) is 4.79 Å². The molecule has 1 aliphatic rings. The van der Waals surface area contributed by atoms with Gasteiger partial charge in [-0.05, 0) is 25.0 Å². The second kappa shape index (κ2) is 3.88. The molecule has 6 heteroatoms. The van der Waals surface area contributed by atoms with Gasteiger partial charge in [-0.25, -0.2) is 13.6 Å². The average molecular weight is 265 g/mol. The first kappa shape index (κ1) is 11.8. The molecule has 0 radical (unpaired) electrons. The molecular weight excluding hydrogens is 256 g/mol. The lowest BCUT2D eigenvalue weighted by Crippen LogP contribution is -2.19. The van der Waals surface area contributed by atoms with Crippen LogP contribution in [0.4, 0.5) is 8.78 Å². The standard InChI is InChI=1S/C13H9F2NO3/c14-7-3-4-8(15)12-11(7)10(17)5-9(13(18)19)16(12)6-1-2-6/h3-6H,1-2H2,(H,18,19). The third-order valence-corrected chi connectivity index (χ3v) is 3.22. The molecule has 0 spiro atoms. The molecule has 19 heavy (non-hydrogen) atoms. The number of carbonyl (C=O) groups is 1. The molecule has 1 heterocycles. The van der Waals surface area contributed by atoms with Crippen LogP contribution in [-0.4, -0.2) is 15.6 Å². The fourth-order valence-electron chi connectivity index (χ4n) is 2.27. The topological polar surface area (TPSA) is 59.3 Å². The quantitative estimate of drug-likeness (QED) is 0.906. The predicted molar refractivity (Wildman–Crippen MR) is 63.4 cm³/mol. The van der Waals surface area contributed by atoms with Gasteiger partial charge in [0.2, 0.25) is 0 Å². The molecular formula is C13H9F2NO3. The predicted octanol–water partition coefficient (Wildman–Crippen LogP) is 2.31. The molecule has 0 bridgehead atoms. The number of carboxylic acid groups (broad SMARTS) is 1. The van der Waals surface area contributed by atoms with E-state index in [2.05, 4.69) is 0 Å². The van der Waals surface area contributed by atoms with Crippen molar-refractivity contribution in [2.75, 3.05) is 0 Å². The summed E-state index contributed by atoms with van der Waals surface area (Å²) in [6.07, 6.45) is 1.38. The number of nitrogens with zero attached hydrogens (tertiary/aromatic N) is 1. The van der Waals surface area contributed by atoms with E-state index in [-0.39, 0.29) is 17.3 Å². The van der Waals surface area contributed by atoms with Crippen LogP contribution in [0.5, 0.6) is 0 Å². The second-order valence-electron chi connectivity index (χ2n) is 4.55. The van der Waals surface area contributed by atoms with E-state index in [9.17, 15) is 18.4 Å². The number of hydrogen-bond acceptors (Lipinski definition) is 2. The van der Waals surface area contributed by atoms with Gasteiger partial charge in [0.1, 0.15) is 17.3 Å². The summed E-state index contributed by atoms with van der Waals surface area (Å²) in [7, 11) is 0. The fourth-order valence-corrected chi connectivity index (χ4v) is 2.27. The Hall–Kier alpha value is -2.24. The van der Waals surface area contributed by atoms with Crippen LogP contribution in [0.2, 0.25) is 0 Å². The summed E-state index contributed by atoms with van der Waals surface area (Å²) in [4.78, 5) is 23.0. The zero-order valence-corrected chi connectivity index (χ0v) is 9.69. The molecule has 3 rings (SSSR count). The van der Waals surface area contributed by atoms with Crippen molar-refractivity contribution in [3.63, 3.8) is 0 Å². The number of fused-ring (bicyclic) bond motifs is 1. The Balaban J connectivity index is 2.55. The molecule has 1 aliphatic carbocycles. The summed E-state index contributed by atoms with van der Waals surface area (Å²) in [5.41, 5.74) is -1.38. The van der Waals surface area contributed by atoms with Crippen molar-refractivity contribution in [2.24, 2.45) is 0 Å². The molecule has 1 saturated carbocycles. The van der Waals surface area contributed by atoms with Crippen LogP contribution in [0.15, 0.2) is 23.0 Å². The Kier molecular flexibility index (Phi) is 2.41. The monoisotopic (exact) mass is 265 g/mol. The molecule has 0 atom stereocenters. The Morgan fingerprint density at radius 2 is 1.89 bits per heavy atom. The molecule has 0 unspecified atom stereocenters. The van der Waals surface area contributed by atoms with E-state index in [0.29, 0.717) is 12.8 Å². The van der Waals surface area contributed by atoms with E-state index in [4.69, 9.17) is 5.11 Å². The highest BCUT2D eigenvalue weighted by Gasteiger charge is 2.30. The molecule has 2 aromatic rings. The molecule has 0 aliphatic heterocycles. The molecule has 1 N–H and O–H groups in total. The summed E-state index contributed by atoms with van der Waals surface area (Å²) in [5, 5.41) is 8.72. The van der Waals surface area contributed by atoms with Gasteiger partial charge in [0, 0.05) is 12.1 Å². The van der Waals surface area contributed by atoms with Gasteiger partial charge in [0.05, 0.1) is 10.9 Å². The number of rotatable bonds is 2. The molecule has 4 nitrogen and oxygen atoms in total. The van der Waals surface area contributed by atoms with Crippen LogP contribution in [0.1, 0.15) is 29.4 Å². The minimum absolute atomic E-state index is 0.189. The van der Waals surface area contributed by atoms with Crippen LogP contribution in [0.25, 0.3) is 10.9 Å². The number of pyridine rings is 1. The number of halogens is 2. The molecule has 0 amide bonds. The van der Waals surface area contributed by atoms with Crippen molar-refractivity contribution in [1.82, 2.24) is 4.57 Å². The van der Waals surface area contributed by atoms with E-state index in [0.717, 1.165) is 18.2 Å². The maximum absolute atomic E-state index is 13.9. The average Bonchev–Trinajstić information content (AvgIpc) is 3.17. The Morgan fingerprint density at radius 1 is 1.26 bits per heavy atom. The first-order valence-electron chi connectivity index (χ1n) is 5.77. The lowest BCUT2D eigenvalue weighted by Gasteiger charge is -2.14. The Morgan fingerprint density at radius 3 is 2.47 bits per heavy atom. The summed E-state index contributed by atoms with van der Waals surface area (Å²) in [6, 6.07) is 2.44. The molecule has 98 valence electrons. The van der Waals surface area contributed by atoms with Gasteiger partial charge in [-0.15, -0.1) is 0 Å². The van der Waals surface area contributed by atoms with Gasteiger partial charge < -0.3 is 9.67 Å². The lowest BCUT2D eigenvalue weighted by molar-refractivity contribution is 0.0684. The van der Waals surface area contributed by atoms with Gasteiger partial charge >= 0.3 is 5.97 Å². The van der Waals surface area contributed by atoms with Gasteiger partial charge in [0.25, 0.3) is 0 Å². The number of aromatic carboxylic acids is 1. The number of benzene rings is 1. The van der Waals surface area contributed by atoms with E-state index >= 15 is 0 Å². The van der Waals surface area contributed by atoms with Gasteiger partial charge in [-0.2, -0.15) is 0 Å². The highest BCUT2D eigenvalue weighted by molar-refractivity contribution is 5.91. The summed E-state index contributed by atoms with van der Waals surface area (Å²) < 4.78 is 28.8. The van der Waals surface area contributed by atoms with E-state index in [1.807, 2.05) is 0 Å². The highest BCUT2D eigenvalue weighted by atomic mass is 19.1. The first-order chi connectivity index (χ1) is 9.00. The van der Waals surface area contributed by atoms with Crippen molar-refractivity contribution >= 4 is 16.9 Å². The van der Waals surface area contributed by atoms with Crippen molar-refractivity contribution in [3.05, 3.63) is 45.8 Å². The normalized spacial score (nSPS) is 14.8. The maximum atomic E-state index is 13.9. The molecule has 1 aromatic carbocycles. The zero-order chi connectivity index (χ0) is 13.7. The van der Waals surface area contributed by atoms with Crippen molar-refractivity contribution in [3.8, 4) is 0 Å². The third kappa shape index (κ3) is 1.71. The van der Waals surface area contributed by atoms with E-state index in [1.54, 1.807) is 0 Å². The minimum atomic E-state index is -1.32. The van der Waals surface area contributed by atoms with Crippen LogP contribution in [0.3, 0.4) is 0 Å². The Bertz CT molecular complexity index is 763. The SMILES string of the molecule is O=C(O)c1cc(=O)c2c(F)ccc(F)c2n1C1CC1. The Labute approximate surface area is 105 Å². The lowest BCUT2D eigenvalue weighted by atomic mass is 10.1. The fraction of sp³-hybridized carbons (Fsp3) is 0.231. The minimum Gasteiger partial charge on any atom is -0.477 e. The highest BCUT2D eigenvalue weighted by Crippen LogP contribution is 2.38. The van der Waals surface area contributed by atoms with Crippen LogP contribution in [0, 0.1) is 11.6 Å². The van der Waals surface area contributed by atoms with E-state index in [1.165, 1.54) is 4.57 Å². The number of hydrogen-bond donors (Lipinski definition) is 1. The van der Waals surface area contributed by atoms with Crippen molar-refractivity contribution in [1.29, 1.82) is 0 Å². The second-order valence-corrected chi connectivity index (χ2v) is 4.55. The smallest absolute Gasteiger partial charge is 0.352 e. The van der Waals surface area contributed by atoms with Crippen LogP contribution in [-0.2, 0) is 0 Å². The third-order valence-electron chi connectivity index (χ3n) is 3.22. The van der Waals surface area contributed by atoms with Gasteiger partial charge in [-0.1, -0.05) is 0 Å². The largest absolute Gasteiger partial charge is 0.477 e. The summed E-state index contributed by atoms with van der Waals surface area (Å²) in [5.74, 6) is -2.95. The zero-order valence-electron chi connectivity index (χ0n) is 9.69. The van der Waals surface area contributed by atoms with Crippen molar-refractivity contribution in [2.45, 2.75) is 18.9 Å². The van der Waals surface area contributed by atoms with Crippen LogP contribution < -0.4 is 5.43 Å². The molecule has 1 aromatic heterocycles. The molecule has 0 saturated heterocycles. The first-order valence-corrected chi connectivity index (χ1v) is 5.77. The summed E-state index contributed by atoms with van der Waals surface area (Å²) >= 11 is 0. The summed E-state index contributed by atoms with van der Waals surface area (Å²) in [6.45, 7) is 0.